The van der Waals surface area contributed by atoms with Crippen LogP contribution in [0.5, 0.6) is 0 Å². The Balaban J connectivity index is 0.000000250. The molecule has 8 heteroatoms. The molecule has 0 aliphatic heterocycles. The second-order valence-corrected chi connectivity index (χ2v) is 15.2. The van der Waals surface area contributed by atoms with Crippen molar-refractivity contribution in [2.75, 3.05) is 0 Å². The maximum atomic E-state index is 8.56. The van der Waals surface area contributed by atoms with E-state index in [-0.39, 0.29) is 49.4 Å². The molecule has 0 spiro atoms. The molecule has 4 nitrogen and oxygen atoms in total. The topological polar surface area (TPSA) is 61.7 Å². The van der Waals surface area contributed by atoms with E-state index in [9.17, 15) is 0 Å². The molecule has 2 N–H and O–H groups in total. The zero-order valence-corrected chi connectivity index (χ0v) is 27.6. The Labute approximate surface area is 274 Å². The third-order valence-electron chi connectivity index (χ3n) is 7.56. The van der Waals surface area contributed by atoms with E-state index in [2.05, 4.69) is 121 Å². The zero-order valence-electron chi connectivity index (χ0n) is 23.7. The van der Waals surface area contributed by atoms with E-state index in [0.29, 0.717) is 0 Å². The third kappa shape index (κ3) is 11.0. The SMILES string of the molecule is O=NNO.[Fe+2].[Ni].c1ccc(P(c2ccccc2)C2CCCC2)cc1.c1ccc(P(c2ccccc2)C2CCCC2)cc1. The molecule has 0 unspecified atom stereocenters. The first-order valence-corrected chi connectivity index (χ1v) is 17.1. The summed E-state index contributed by atoms with van der Waals surface area (Å²) in [5.41, 5.74) is 2.79. The van der Waals surface area contributed by atoms with Crippen LogP contribution >= 0.6 is 15.8 Å². The Bertz CT molecular complexity index is 1060. The number of nitrogens with one attached hydrogen (secondary N) is 1. The van der Waals surface area contributed by atoms with E-state index >= 15 is 0 Å². The average Bonchev–Trinajstić information content (AvgIpc) is 3.76. The predicted octanol–water partition coefficient (Wildman–Crippen LogP) is 7.77. The van der Waals surface area contributed by atoms with E-state index in [0.717, 1.165) is 16.9 Å². The van der Waals surface area contributed by atoms with Crippen LogP contribution in [0.4, 0.5) is 0 Å². The molecule has 0 saturated heterocycles. The van der Waals surface area contributed by atoms with Gasteiger partial charge in [0.15, 0.2) is 0 Å². The number of nitrogens with zero attached hydrogens (tertiary/aromatic N) is 1. The van der Waals surface area contributed by atoms with Gasteiger partial charge in [0.25, 0.3) is 0 Å². The minimum absolute atomic E-state index is 0. The summed E-state index contributed by atoms with van der Waals surface area (Å²) < 4.78 is 0. The molecule has 2 aliphatic carbocycles. The van der Waals surface area contributed by atoms with E-state index in [1.807, 2.05) is 0 Å². The van der Waals surface area contributed by atoms with Gasteiger partial charge < -0.3 is 0 Å². The molecule has 42 heavy (non-hydrogen) atoms. The Hall–Kier alpha value is -1.89. The second kappa shape index (κ2) is 20.9. The summed E-state index contributed by atoms with van der Waals surface area (Å²) in [5, 5.41) is 15.1. The molecule has 0 bridgehead atoms. The van der Waals surface area contributed by atoms with Crippen LogP contribution in [-0.4, -0.2) is 16.5 Å². The number of hydrogen-bond donors (Lipinski definition) is 2. The van der Waals surface area contributed by atoms with Gasteiger partial charge in [0.1, 0.15) is 0 Å². The minimum atomic E-state index is -0.152. The van der Waals surface area contributed by atoms with Gasteiger partial charge in [-0.1, -0.05) is 147 Å². The van der Waals surface area contributed by atoms with E-state index in [1.165, 1.54) is 51.4 Å². The minimum Gasteiger partial charge on any atom is -0.272 e. The van der Waals surface area contributed by atoms with Crippen molar-refractivity contribution in [3.05, 3.63) is 126 Å². The first-order chi connectivity index (χ1) is 19.8. The molecule has 2 saturated carbocycles. The molecule has 4 aromatic rings. The maximum Gasteiger partial charge on any atom is 2.00 e. The number of rotatable bonds is 7. The van der Waals surface area contributed by atoms with Crippen LogP contribution in [0.2, 0.25) is 0 Å². The Morgan fingerprint density at radius 2 is 0.738 bits per heavy atom. The summed E-state index contributed by atoms with van der Waals surface area (Å²) in [7, 11) is -0.304. The molecule has 224 valence electrons. The van der Waals surface area contributed by atoms with E-state index < -0.39 is 0 Å². The van der Waals surface area contributed by atoms with Gasteiger partial charge in [-0.15, -0.1) is 4.91 Å². The summed E-state index contributed by atoms with van der Waals surface area (Å²) in [6.07, 6.45) is 11.3. The Kier molecular flexibility index (Phi) is 18.1. The van der Waals surface area contributed by atoms with E-state index in [4.69, 9.17) is 10.1 Å². The van der Waals surface area contributed by atoms with Crippen molar-refractivity contribution in [1.82, 2.24) is 5.59 Å². The third-order valence-corrected chi connectivity index (χ3v) is 13.5. The van der Waals surface area contributed by atoms with Crippen molar-refractivity contribution in [3.8, 4) is 0 Å². The van der Waals surface area contributed by atoms with Crippen molar-refractivity contribution in [2.45, 2.75) is 62.7 Å². The molecular weight excluding hydrogens is 645 g/mol. The Morgan fingerprint density at radius 3 is 0.929 bits per heavy atom. The van der Waals surface area contributed by atoms with Crippen LogP contribution in [0.25, 0.3) is 0 Å². The van der Waals surface area contributed by atoms with Gasteiger partial charge in [0.05, 0.1) is 5.29 Å². The normalized spacial score (nSPS) is 14.5. The smallest absolute Gasteiger partial charge is 0.272 e. The van der Waals surface area contributed by atoms with Gasteiger partial charge in [-0.05, 0) is 74.1 Å². The fourth-order valence-corrected chi connectivity index (χ4v) is 11.8. The fraction of sp³-hybridized carbons (Fsp3) is 0.294. The van der Waals surface area contributed by atoms with Crippen LogP contribution in [0, 0.1) is 4.91 Å². The van der Waals surface area contributed by atoms with Crippen LogP contribution in [0.3, 0.4) is 0 Å². The first kappa shape index (κ1) is 36.3. The van der Waals surface area contributed by atoms with Gasteiger partial charge in [-0.25, -0.2) is 0 Å². The van der Waals surface area contributed by atoms with Crippen molar-refractivity contribution in [2.24, 2.45) is 5.29 Å². The van der Waals surface area contributed by atoms with Crippen molar-refractivity contribution < 1.29 is 38.8 Å². The van der Waals surface area contributed by atoms with Gasteiger partial charge in [-0.2, -0.15) is 5.59 Å². The number of benzene rings is 4. The molecule has 2 aliphatic rings. The number of hydrogen-bond acceptors (Lipinski definition) is 3. The quantitative estimate of drug-likeness (QED) is 0.0906. The average molecular weight is 685 g/mol. The summed E-state index contributed by atoms with van der Waals surface area (Å²) in [6.45, 7) is 0. The van der Waals surface area contributed by atoms with E-state index in [1.54, 1.807) is 26.5 Å². The summed E-state index contributed by atoms with van der Waals surface area (Å²) >= 11 is 0. The molecule has 0 radical (unpaired) electrons. The molecule has 2 fully saturated rings. The first-order valence-electron chi connectivity index (χ1n) is 14.3. The zero-order chi connectivity index (χ0) is 27.8. The molecular formula is C34H40FeN2NiO2P2+2. The van der Waals surface area contributed by atoms with Crippen LogP contribution in [0.1, 0.15) is 51.4 Å². The number of nitroso groups, excluding NO2 is 1. The van der Waals surface area contributed by atoms with Gasteiger partial charge in [0, 0.05) is 16.5 Å². The molecule has 0 aromatic heterocycles. The Morgan fingerprint density at radius 1 is 0.524 bits per heavy atom. The predicted molar refractivity (Wildman–Crippen MR) is 173 cm³/mol. The van der Waals surface area contributed by atoms with Crippen LogP contribution < -0.4 is 26.8 Å². The fourth-order valence-electron chi connectivity index (χ4n) is 5.82. The summed E-state index contributed by atoms with van der Waals surface area (Å²) in [4.78, 5) is 8.56. The van der Waals surface area contributed by atoms with Crippen LogP contribution in [0.15, 0.2) is 127 Å². The van der Waals surface area contributed by atoms with Gasteiger partial charge >= 0.3 is 17.1 Å². The van der Waals surface area contributed by atoms with Crippen molar-refractivity contribution >= 4 is 37.1 Å². The summed E-state index contributed by atoms with van der Waals surface area (Å²) in [6, 6.07) is 44.5. The molecule has 0 heterocycles. The second-order valence-electron chi connectivity index (χ2n) is 10.2. The maximum absolute atomic E-state index is 8.56. The molecule has 0 atom stereocenters. The monoisotopic (exact) mass is 684 g/mol. The van der Waals surface area contributed by atoms with Crippen molar-refractivity contribution in [3.63, 3.8) is 0 Å². The molecule has 4 aromatic carbocycles. The molecule has 6 rings (SSSR count). The van der Waals surface area contributed by atoms with Crippen LogP contribution in [-0.2, 0) is 33.6 Å². The standard InChI is InChI=1S/2C17H19P.Fe.H2N2O2.Ni/c2*1-3-9-15(10-4-1)18(17-13-7-8-14-17)16-11-5-2-6-12-16;;3-1-2-4;/h2*1-6,9-12,17H,7-8,13-14H2;;(H,1,4)(H,2,3);/q;;+2;;. The van der Waals surface area contributed by atoms with Gasteiger partial charge in [0.2, 0.25) is 0 Å². The van der Waals surface area contributed by atoms with Crippen molar-refractivity contribution in [1.29, 1.82) is 0 Å². The molecule has 0 amide bonds. The summed E-state index contributed by atoms with van der Waals surface area (Å²) in [5.74, 6) is 0. The largest absolute Gasteiger partial charge is 2.00 e. The van der Waals surface area contributed by atoms with Gasteiger partial charge in [-0.3, -0.25) is 5.21 Å².